The number of halogens is 1. The molecule has 228 valence electrons. The number of amides is 2. The number of thiazole rings is 1. The van der Waals surface area contributed by atoms with Crippen molar-refractivity contribution in [1.29, 1.82) is 0 Å². The van der Waals surface area contributed by atoms with Crippen LogP contribution in [0.1, 0.15) is 58.8 Å². The topological polar surface area (TPSA) is 114 Å². The smallest absolute Gasteiger partial charge is 0.416 e. The van der Waals surface area contributed by atoms with E-state index in [4.69, 9.17) is 9.47 Å². The maximum absolute atomic E-state index is 13.8. The van der Waals surface area contributed by atoms with E-state index >= 15 is 0 Å². The highest BCUT2D eigenvalue weighted by Crippen LogP contribution is 2.34. The van der Waals surface area contributed by atoms with Gasteiger partial charge in [-0.2, -0.15) is 4.39 Å². The summed E-state index contributed by atoms with van der Waals surface area (Å²) in [6.45, 7) is 12.2. The van der Waals surface area contributed by atoms with Crippen LogP contribution < -0.4 is 10.2 Å². The van der Waals surface area contributed by atoms with Gasteiger partial charge in [0, 0.05) is 23.8 Å². The molecule has 0 saturated carbocycles. The van der Waals surface area contributed by atoms with Gasteiger partial charge in [-0.05, 0) is 71.0 Å². The molecule has 0 aliphatic rings. The highest BCUT2D eigenvalue weighted by molar-refractivity contribution is 7.19. The number of nitrogens with one attached hydrogen (secondary N) is 1. The molecule has 2 N–H and O–H groups in total. The van der Waals surface area contributed by atoms with Gasteiger partial charge in [-0.25, -0.2) is 19.6 Å². The molecule has 0 bridgehead atoms. The van der Waals surface area contributed by atoms with Crippen LogP contribution in [0.2, 0.25) is 0 Å². The van der Waals surface area contributed by atoms with Gasteiger partial charge in [0.05, 0.1) is 17.5 Å². The third-order valence-electron chi connectivity index (χ3n) is 6.19. The van der Waals surface area contributed by atoms with Gasteiger partial charge in [-0.15, -0.1) is 0 Å². The summed E-state index contributed by atoms with van der Waals surface area (Å²) in [6, 6.07) is 13.1. The zero-order valence-corrected chi connectivity index (χ0v) is 26.2. The van der Waals surface area contributed by atoms with Crippen molar-refractivity contribution >= 4 is 39.4 Å². The minimum Gasteiger partial charge on any atom is -0.444 e. The number of anilines is 1. The maximum Gasteiger partial charge on any atom is 0.416 e. The molecule has 0 unspecified atom stereocenters. The quantitative estimate of drug-likeness (QED) is 0.214. The zero-order chi connectivity index (χ0) is 31.5. The van der Waals surface area contributed by atoms with E-state index in [-0.39, 0.29) is 11.7 Å². The number of carbonyl (C=O) groups is 2. The lowest BCUT2D eigenvalue weighted by Gasteiger charge is -2.32. The Kier molecular flexibility index (Phi) is 9.36. The van der Waals surface area contributed by atoms with Crippen LogP contribution in [0.5, 0.6) is 0 Å². The largest absolute Gasteiger partial charge is 0.444 e. The van der Waals surface area contributed by atoms with Gasteiger partial charge in [-0.3, -0.25) is 4.90 Å². The summed E-state index contributed by atoms with van der Waals surface area (Å²) >= 11 is 1.22. The summed E-state index contributed by atoms with van der Waals surface area (Å²) in [4.78, 5) is 36.7. The second-order valence-electron chi connectivity index (χ2n) is 12.3. The Labute approximate surface area is 254 Å². The number of ether oxygens (including phenoxy) is 2. The first kappa shape index (κ1) is 31.8. The summed E-state index contributed by atoms with van der Waals surface area (Å²) in [5.41, 5.74) is 0.723. The molecule has 11 heteroatoms. The first-order valence-electron chi connectivity index (χ1n) is 13.8. The van der Waals surface area contributed by atoms with Gasteiger partial charge in [0.1, 0.15) is 17.3 Å². The molecule has 2 amide bonds. The van der Waals surface area contributed by atoms with Gasteiger partial charge in [0.25, 0.3) is 0 Å². The molecule has 4 aromatic rings. The number of aryl methyl sites for hydroxylation is 1. The van der Waals surface area contributed by atoms with Crippen LogP contribution in [0.3, 0.4) is 0 Å². The summed E-state index contributed by atoms with van der Waals surface area (Å²) in [5, 5.41) is 15.9. The average molecular weight is 609 g/mol. The number of hydrogen-bond donors (Lipinski definition) is 2. The van der Waals surface area contributed by atoms with E-state index in [1.165, 1.54) is 28.5 Å². The van der Waals surface area contributed by atoms with E-state index in [0.29, 0.717) is 10.9 Å². The number of fused-ring (bicyclic) bond motifs is 1. The Hall–Kier alpha value is -4.09. The molecule has 2 heterocycles. The molecular formula is C32H37FN4O5S. The first-order chi connectivity index (χ1) is 20.1. The second kappa shape index (κ2) is 12.6. The van der Waals surface area contributed by atoms with Gasteiger partial charge in [-0.1, -0.05) is 53.3 Å². The van der Waals surface area contributed by atoms with Crippen molar-refractivity contribution < 1.29 is 28.6 Å². The van der Waals surface area contributed by atoms with Crippen molar-refractivity contribution in [2.75, 3.05) is 11.4 Å². The standard InChI is InChI=1S/C32H37FN4O5S/c1-19-8-10-20(11-9-19)27(38)24(36-29(39)41-31(2,3)4)18-37(30(40)42-32(5,6)7)28-35-17-25(43-28)21-12-13-22-16-34-26(33)15-23(22)14-21/h8-17,24,27,38H,18H2,1-7H3,(H,36,39)/t24-,27+/m1/s1. The number of rotatable bonds is 7. The lowest BCUT2D eigenvalue weighted by atomic mass is 10.0. The fourth-order valence-electron chi connectivity index (χ4n) is 4.21. The van der Waals surface area contributed by atoms with Crippen LogP contribution in [-0.2, 0) is 9.47 Å². The van der Waals surface area contributed by atoms with Crippen molar-refractivity contribution in [1.82, 2.24) is 15.3 Å². The van der Waals surface area contributed by atoms with E-state index in [2.05, 4.69) is 15.3 Å². The molecule has 43 heavy (non-hydrogen) atoms. The SMILES string of the molecule is Cc1ccc([C@H](O)[C@@H](CN(C(=O)OC(C)(C)C)c2ncc(-c3ccc4cnc(F)cc4c3)s2)NC(=O)OC(C)(C)C)cc1. The fraction of sp³-hybridized carbons (Fsp3) is 0.375. The fourth-order valence-corrected chi connectivity index (χ4v) is 5.13. The molecule has 0 aliphatic carbocycles. The number of nitrogens with zero attached hydrogens (tertiary/aromatic N) is 3. The number of benzene rings is 2. The van der Waals surface area contributed by atoms with Crippen LogP contribution >= 0.6 is 11.3 Å². The summed E-state index contributed by atoms with van der Waals surface area (Å²) < 4.78 is 25.0. The molecule has 0 fully saturated rings. The van der Waals surface area contributed by atoms with E-state index in [0.717, 1.165) is 21.4 Å². The predicted octanol–water partition coefficient (Wildman–Crippen LogP) is 7.17. The lowest BCUT2D eigenvalue weighted by molar-refractivity contribution is 0.0403. The summed E-state index contributed by atoms with van der Waals surface area (Å²) in [6.07, 6.45) is 0.440. The van der Waals surface area contributed by atoms with E-state index in [1.807, 2.05) is 37.3 Å². The van der Waals surface area contributed by atoms with Gasteiger partial charge in [0.15, 0.2) is 5.13 Å². The number of pyridine rings is 1. The Bertz CT molecular complexity index is 1590. The van der Waals surface area contributed by atoms with Crippen molar-refractivity contribution in [2.24, 2.45) is 0 Å². The van der Waals surface area contributed by atoms with E-state index < -0.39 is 41.5 Å². The van der Waals surface area contributed by atoms with E-state index in [9.17, 15) is 19.1 Å². The molecule has 0 spiro atoms. The third-order valence-corrected chi connectivity index (χ3v) is 7.26. The van der Waals surface area contributed by atoms with Crippen LogP contribution in [0.25, 0.3) is 21.2 Å². The minimum atomic E-state index is -1.19. The monoisotopic (exact) mass is 608 g/mol. The molecule has 9 nitrogen and oxygen atoms in total. The molecular weight excluding hydrogens is 571 g/mol. The van der Waals surface area contributed by atoms with Gasteiger partial charge >= 0.3 is 12.2 Å². The first-order valence-corrected chi connectivity index (χ1v) is 14.7. The molecule has 0 saturated heterocycles. The van der Waals surface area contributed by atoms with Crippen LogP contribution in [0.15, 0.2) is 60.9 Å². The summed E-state index contributed by atoms with van der Waals surface area (Å²) in [5.74, 6) is -0.582. The van der Waals surface area contributed by atoms with Crippen LogP contribution in [-0.4, -0.2) is 51.0 Å². The number of alkyl carbamates (subject to hydrolysis) is 1. The molecule has 4 rings (SSSR count). The Morgan fingerprint density at radius 3 is 2.28 bits per heavy atom. The van der Waals surface area contributed by atoms with Crippen molar-refractivity contribution in [2.45, 2.75) is 71.8 Å². The maximum atomic E-state index is 13.8. The highest BCUT2D eigenvalue weighted by Gasteiger charge is 2.33. The second-order valence-corrected chi connectivity index (χ2v) is 13.3. The Morgan fingerprint density at radius 2 is 1.63 bits per heavy atom. The number of aliphatic hydroxyl groups is 1. The highest BCUT2D eigenvalue weighted by atomic mass is 32.1. The van der Waals surface area contributed by atoms with Gasteiger partial charge < -0.3 is 19.9 Å². The molecule has 2 aromatic heterocycles. The summed E-state index contributed by atoms with van der Waals surface area (Å²) in [7, 11) is 0. The number of carbonyl (C=O) groups excluding carboxylic acids is 2. The normalized spacial score (nSPS) is 13.3. The minimum absolute atomic E-state index is 0.176. The Balaban J connectivity index is 1.71. The lowest BCUT2D eigenvalue weighted by Crippen LogP contribution is -2.51. The third kappa shape index (κ3) is 8.71. The van der Waals surface area contributed by atoms with Gasteiger partial charge in [0.2, 0.25) is 5.95 Å². The van der Waals surface area contributed by atoms with Crippen molar-refractivity contribution in [3.63, 3.8) is 0 Å². The van der Waals surface area contributed by atoms with Crippen LogP contribution in [0.4, 0.5) is 19.1 Å². The number of hydrogen-bond acceptors (Lipinski definition) is 8. The van der Waals surface area contributed by atoms with Crippen molar-refractivity contribution in [3.8, 4) is 10.4 Å². The van der Waals surface area contributed by atoms with Crippen molar-refractivity contribution in [3.05, 3.63) is 78.0 Å². The molecule has 0 aliphatic heterocycles. The molecule has 0 radical (unpaired) electrons. The number of aromatic nitrogens is 2. The zero-order valence-electron chi connectivity index (χ0n) is 25.3. The molecule has 2 atom stereocenters. The average Bonchev–Trinajstić information content (AvgIpc) is 3.38. The van der Waals surface area contributed by atoms with Crippen LogP contribution in [0, 0.1) is 12.9 Å². The predicted molar refractivity (Wildman–Crippen MR) is 166 cm³/mol. The van der Waals surface area contributed by atoms with E-state index in [1.54, 1.807) is 59.9 Å². The molecule has 2 aromatic carbocycles. The Morgan fingerprint density at radius 1 is 0.953 bits per heavy atom. The number of aliphatic hydroxyl groups excluding tert-OH is 1.